The number of nitrogen functional groups attached to an aromatic ring is 1. The average molecular weight is 285 g/mol. The van der Waals surface area contributed by atoms with Crippen molar-refractivity contribution < 1.29 is 14.3 Å². The minimum Gasteiger partial charge on any atom is -0.496 e. The Kier molecular flexibility index (Phi) is 4.48. The van der Waals surface area contributed by atoms with Gasteiger partial charge in [-0.25, -0.2) is 0 Å². The molecule has 21 heavy (non-hydrogen) atoms. The Morgan fingerprint density at radius 1 is 1.10 bits per heavy atom. The second-order valence-electron chi connectivity index (χ2n) is 4.94. The fourth-order valence-corrected chi connectivity index (χ4v) is 2.06. The Balaban J connectivity index is 2.32. The van der Waals surface area contributed by atoms with E-state index in [4.69, 9.17) is 15.2 Å². The SMILES string of the molecule is COc1cccc(N)c1C(=O)c1ccc(OC(C)C)cc1. The van der Waals surface area contributed by atoms with Crippen LogP contribution in [-0.4, -0.2) is 19.0 Å². The molecule has 0 bridgehead atoms. The van der Waals surface area contributed by atoms with E-state index >= 15 is 0 Å². The third kappa shape index (κ3) is 3.34. The molecule has 2 aromatic rings. The molecular weight excluding hydrogens is 266 g/mol. The number of hydrogen-bond donors (Lipinski definition) is 1. The van der Waals surface area contributed by atoms with Gasteiger partial charge in [-0.05, 0) is 50.2 Å². The highest BCUT2D eigenvalue weighted by molar-refractivity contribution is 6.13. The van der Waals surface area contributed by atoms with Crippen molar-refractivity contribution in [2.45, 2.75) is 20.0 Å². The maximum absolute atomic E-state index is 12.6. The summed E-state index contributed by atoms with van der Waals surface area (Å²) < 4.78 is 10.8. The van der Waals surface area contributed by atoms with Gasteiger partial charge in [0.05, 0.1) is 18.8 Å². The molecule has 0 spiro atoms. The zero-order chi connectivity index (χ0) is 15.4. The van der Waals surface area contributed by atoms with Crippen molar-refractivity contribution >= 4 is 11.5 Å². The Labute approximate surface area is 124 Å². The van der Waals surface area contributed by atoms with Gasteiger partial charge in [0, 0.05) is 11.3 Å². The van der Waals surface area contributed by atoms with Gasteiger partial charge in [-0.2, -0.15) is 0 Å². The average Bonchev–Trinajstić information content (AvgIpc) is 2.46. The number of ketones is 1. The van der Waals surface area contributed by atoms with E-state index in [0.717, 1.165) is 5.75 Å². The smallest absolute Gasteiger partial charge is 0.198 e. The van der Waals surface area contributed by atoms with E-state index < -0.39 is 0 Å². The number of methoxy groups -OCH3 is 1. The molecule has 0 aromatic heterocycles. The topological polar surface area (TPSA) is 61.5 Å². The van der Waals surface area contributed by atoms with E-state index in [1.807, 2.05) is 13.8 Å². The molecular formula is C17H19NO3. The fourth-order valence-electron chi connectivity index (χ4n) is 2.06. The molecule has 2 aromatic carbocycles. The molecule has 2 rings (SSSR count). The van der Waals surface area contributed by atoms with Crippen LogP contribution in [0.5, 0.6) is 11.5 Å². The first-order valence-corrected chi connectivity index (χ1v) is 6.77. The molecule has 0 aliphatic carbocycles. The van der Waals surface area contributed by atoms with Gasteiger partial charge in [-0.15, -0.1) is 0 Å². The summed E-state index contributed by atoms with van der Waals surface area (Å²) >= 11 is 0. The lowest BCUT2D eigenvalue weighted by molar-refractivity contribution is 0.103. The van der Waals surface area contributed by atoms with Crippen LogP contribution in [0.25, 0.3) is 0 Å². The Morgan fingerprint density at radius 2 is 1.76 bits per heavy atom. The summed E-state index contributed by atoms with van der Waals surface area (Å²) in [6.45, 7) is 3.91. The summed E-state index contributed by atoms with van der Waals surface area (Å²) in [4.78, 5) is 12.6. The molecule has 0 fully saturated rings. The predicted molar refractivity (Wildman–Crippen MR) is 83.0 cm³/mol. The molecule has 0 amide bonds. The zero-order valence-corrected chi connectivity index (χ0v) is 12.4. The Hall–Kier alpha value is -2.49. The molecule has 0 radical (unpaired) electrons. The number of carbonyl (C=O) groups is 1. The summed E-state index contributed by atoms with van der Waals surface area (Å²) in [5.74, 6) is 1.04. The quantitative estimate of drug-likeness (QED) is 0.676. The Morgan fingerprint density at radius 3 is 2.33 bits per heavy atom. The molecule has 110 valence electrons. The van der Waals surface area contributed by atoms with Crippen molar-refractivity contribution in [1.82, 2.24) is 0 Å². The van der Waals surface area contributed by atoms with E-state index in [1.54, 1.807) is 42.5 Å². The van der Waals surface area contributed by atoms with Crippen molar-refractivity contribution in [3.8, 4) is 11.5 Å². The number of ether oxygens (including phenoxy) is 2. The van der Waals surface area contributed by atoms with Crippen molar-refractivity contribution in [2.75, 3.05) is 12.8 Å². The molecule has 0 saturated heterocycles. The first-order chi connectivity index (χ1) is 10.0. The number of anilines is 1. The predicted octanol–water partition coefficient (Wildman–Crippen LogP) is 3.30. The molecule has 4 nitrogen and oxygen atoms in total. The maximum atomic E-state index is 12.6. The van der Waals surface area contributed by atoms with Crippen LogP contribution >= 0.6 is 0 Å². The van der Waals surface area contributed by atoms with Crippen LogP contribution in [0.2, 0.25) is 0 Å². The van der Waals surface area contributed by atoms with E-state index in [-0.39, 0.29) is 11.9 Å². The number of hydrogen-bond acceptors (Lipinski definition) is 4. The third-order valence-electron chi connectivity index (χ3n) is 2.99. The minimum absolute atomic E-state index is 0.0939. The van der Waals surface area contributed by atoms with Crippen molar-refractivity contribution in [2.24, 2.45) is 0 Å². The molecule has 0 atom stereocenters. The van der Waals surface area contributed by atoms with Crippen LogP contribution in [0.1, 0.15) is 29.8 Å². The fraction of sp³-hybridized carbons (Fsp3) is 0.235. The van der Waals surface area contributed by atoms with E-state index in [2.05, 4.69) is 0 Å². The zero-order valence-electron chi connectivity index (χ0n) is 12.4. The molecule has 0 aliphatic rings. The number of benzene rings is 2. The monoisotopic (exact) mass is 285 g/mol. The van der Waals surface area contributed by atoms with Crippen LogP contribution < -0.4 is 15.2 Å². The van der Waals surface area contributed by atoms with Crippen LogP contribution in [0, 0.1) is 0 Å². The standard InChI is InChI=1S/C17H19NO3/c1-11(2)21-13-9-7-12(8-10-13)17(19)16-14(18)5-4-6-15(16)20-3/h4-11H,18H2,1-3H3. The van der Waals surface area contributed by atoms with Gasteiger partial charge in [0.15, 0.2) is 5.78 Å². The molecule has 0 heterocycles. The van der Waals surface area contributed by atoms with E-state index in [9.17, 15) is 4.79 Å². The van der Waals surface area contributed by atoms with E-state index in [0.29, 0.717) is 22.6 Å². The summed E-state index contributed by atoms with van der Waals surface area (Å²) in [5.41, 5.74) is 7.24. The van der Waals surface area contributed by atoms with Crippen molar-refractivity contribution in [3.05, 3.63) is 53.6 Å². The van der Waals surface area contributed by atoms with Gasteiger partial charge < -0.3 is 15.2 Å². The first-order valence-electron chi connectivity index (χ1n) is 6.77. The van der Waals surface area contributed by atoms with Crippen LogP contribution in [0.4, 0.5) is 5.69 Å². The van der Waals surface area contributed by atoms with Crippen LogP contribution in [0.15, 0.2) is 42.5 Å². The number of nitrogens with two attached hydrogens (primary N) is 1. The maximum Gasteiger partial charge on any atom is 0.198 e. The van der Waals surface area contributed by atoms with Crippen LogP contribution in [0.3, 0.4) is 0 Å². The molecule has 0 aliphatic heterocycles. The van der Waals surface area contributed by atoms with Gasteiger partial charge in [0.2, 0.25) is 0 Å². The third-order valence-corrected chi connectivity index (χ3v) is 2.99. The van der Waals surface area contributed by atoms with E-state index in [1.165, 1.54) is 7.11 Å². The lowest BCUT2D eigenvalue weighted by atomic mass is 10.0. The number of rotatable bonds is 5. The second kappa shape index (κ2) is 6.31. The minimum atomic E-state index is -0.166. The van der Waals surface area contributed by atoms with Gasteiger partial charge in [0.1, 0.15) is 11.5 Å². The summed E-state index contributed by atoms with van der Waals surface area (Å²) in [7, 11) is 1.52. The Bertz CT molecular complexity index is 633. The summed E-state index contributed by atoms with van der Waals surface area (Å²) in [5, 5.41) is 0. The van der Waals surface area contributed by atoms with Crippen LogP contribution in [-0.2, 0) is 0 Å². The van der Waals surface area contributed by atoms with Crippen molar-refractivity contribution in [1.29, 1.82) is 0 Å². The molecule has 0 saturated carbocycles. The van der Waals surface area contributed by atoms with Gasteiger partial charge in [-0.3, -0.25) is 4.79 Å². The first kappa shape index (κ1) is 14.9. The lowest BCUT2D eigenvalue weighted by Gasteiger charge is -2.12. The summed E-state index contributed by atoms with van der Waals surface area (Å²) in [6.07, 6.45) is 0.0939. The lowest BCUT2D eigenvalue weighted by Crippen LogP contribution is -2.08. The largest absolute Gasteiger partial charge is 0.496 e. The second-order valence-corrected chi connectivity index (χ2v) is 4.94. The number of carbonyl (C=O) groups excluding carboxylic acids is 1. The van der Waals surface area contributed by atoms with Gasteiger partial charge >= 0.3 is 0 Å². The molecule has 2 N–H and O–H groups in total. The van der Waals surface area contributed by atoms with Gasteiger partial charge in [-0.1, -0.05) is 6.07 Å². The van der Waals surface area contributed by atoms with Gasteiger partial charge in [0.25, 0.3) is 0 Å². The molecule has 4 heteroatoms. The van der Waals surface area contributed by atoms with Crippen molar-refractivity contribution in [3.63, 3.8) is 0 Å². The molecule has 0 unspecified atom stereocenters. The summed E-state index contributed by atoms with van der Waals surface area (Å²) in [6, 6.07) is 12.2. The highest BCUT2D eigenvalue weighted by atomic mass is 16.5. The highest BCUT2D eigenvalue weighted by Gasteiger charge is 2.17. The normalized spacial score (nSPS) is 10.5. The highest BCUT2D eigenvalue weighted by Crippen LogP contribution is 2.27.